The predicted octanol–water partition coefficient (Wildman–Crippen LogP) is 1.39. The first kappa shape index (κ1) is 17.4. The SMILES string of the molecule is CCn1nccc1C(=O)N1CCC(C(C)N2CCN(C)CC2)CC1. The normalized spacial score (nSPS) is 22.7. The molecule has 0 radical (unpaired) electrons. The topological polar surface area (TPSA) is 44.6 Å². The van der Waals surface area contributed by atoms with Gasteiger partial charge in [-0.25, -0.2) is 0 Å². The van der Waals surface area contributed by atoms with Crippen LogP contribution in [0.25, 0.3) is 0 Å². The van der Waals surface area contributed by atoms with Gasteiger partial charge in [0.15, 0.2) is 0 Å². The van der Waals surface area contributed by atoms with Crippen molar-refractivity contribution in [3.63, 3.8) is 0 Å². The highest BCUT2D eigenvalue weighted by molar-refractivity contribution is 5.92. The first-order chi connectivity index (χ1) is 11.6. The van der Waals surface area contributed by atoms with Crippen LogP contribution in [0.5, 0.6) is 0 Å². The third-order valence-corrected chi connectivity index (χ3v) is 5.86. The second-order valence-corrected chi connectivity index (χ2v) is 7.24. The number of hydrogen-bond acceptors (Lipinski definition) is 4. The third-order valence-electron chi connectivity index (χ3n) is 5.86. The fourth-order valence-electron chi connectivity index (χ4n) is 4.04. The van der Waals surface area contributed by atoms with E-state index in [1.54, 1.807) is 10.9 Å². The standard InChI is InChI=1S/C18H31N5O/c1-4-23-17(5-8-19-23)18(24)22-9-6-16(7-10-22)15(2)21-13-11-20(3)12-14-21/h5,8,15-16H,4,6-7,9-14H2,1-3H3. The van der Waals surface area contributed by atoms with Crippen LogP contribution in [0.3, 0.4) is 0 Å². The van der Waals surface area contributed by atoms with Crippen LogP contribution in [0, 0.1) is 5.92 Å². The van der Waals surface area contributed by atoms with Crippen molar-refractivity contribution in [2.75, 3.05) is 46.3 Å². The molecule has 24 heavy (non-hydrogen) atoms. The molecule has 3 rings (SSSR count). The molecule has 0 aromatic carbocycles. The van der Waals surface area contributed by atoms with Gasteiger partial charge in [0.1, 0.15) is 5.69 Å². The van der Waals surface area contributed by atoms with Crippen molar-refractivity contribution in [3.8, 4) is 0 Å². The number of likely N-dealkylation sites (tertiary alicyclic amines) is 1. The minimum atomic E-state index is 0.139. The lowest BCUT2D eigenvalue weighted by Crippen LogP contribution is -2.52. The van der Waals surface area contributed by atoms with Crippen LogP contribution >= 0.6 is 0 Å². The number of hydrogen-bond donors (Lipinski definition) is 0. The summed E-state index contributed by atoms with van der Waals surface area (Å²) in [6.45, 7) is 11.6. The van der Waals surface area contributed by atoms with Crippen molar-refractivity contribution in [1.29, 1.82) is 0 Å². The van der Waals surface area contributed by atoms with Crippen molar-refractivity contribution in [2.24, 2.45) is 5.92 Å². The maximum Gasteiger partial charge on any atom is 0.272 e. The molecule has 0 saturated carbocycles. The lowest BCUT2D eigenvalue weighted by Gasteiger charge is -2.42. The molecule has 1 atom stereocenters. The first-order valence-corrected chi connectivity index (χ1v) is 9.33. The molecule has 3 heterocycles. The molecule has 0 bridgehead atoms. The van der Waals surface area contributed by atoms with Crippen molar-refractivity contribution in [3.05, 3.63) is 18.0 Å². The zero-order valence-electron chi connectivity index (χ0n) is 15.3. The molecular weight excluding hydrogens is 302 g/mol. The molecule has 2 saturated heterocycles. The Morgan fingerprint density at radius 3 is 2.50 bits per heavy atom. The number of aryl methyl sites for hydroxylation is 1. The summed E-state index contributed by atoms with van der Waals surface area (Å²) in [6, 6.07) is 2.46. The lowest BCUT2D eigenvalue weighted by molar-refractivity contribution is 0.0493. The zero-order valence-corrected chi connectivity index (χ0v) is 15.3. The van der Waals surface area contributed by atoms with Crippen LogP contribution in [0.4, 0.5) is 0 Å². The second kappa shape index (κ2) is 7.66. The molecule has 1 amide bonds. The number of likely N-dealkylation sites (N-methyl/N-ethyl adjacent to an activating group) is 1. The summed E-state index contributed by atoms with van der Waals surface area (Å²) in [5, 5.41) is 4.22. The molecule has 0 N–H and O–H groups in total. The second-order valence-electron chi connectivity index (χ2n) is 7.24. The van der Waals surface area contributed by atoms with Gasteiger partial charge in [0.05, 0.1) is 0 Å². The van der Waals surface area contributed by atoms with Gasteiger partial charge in [-0.2, -0.15) is 5.10 Å². The quantitative estimate of drug-likeness (QED) is 0.835. The molecule has 2 aliphatic rings. The average molecular weight is 333 g/mol. The molecule has 6 nitrogen and oxygen atoms in total. The van der Waals surface area contributed by atoms with Crippen molar-refractivity contribution in [1.82, 2.24) is 24.5 Å². The van der Waals surface area contributed by atoms with Gasteiger partial charge in [-0.15, -0.1) is 0 Å². The number of amides is 1. The highest BCUT2D eigenvalue weighted by Gasteiger charge is 2.31. The van der Waals surface area contributed by atoms with E-state index in [0.29, 0.717) is 12.0 Å². The van der Waals surface area contributed by atoms with Gasteiger partial charge >= 0.3 is 0 Å². The molecule has 6 heteroatoms. The smallest absolute Gasteiger partial charge is 0.272 e. The summed E-state index contributed by atoms with van der Waals surface area (Å²) in [4.78, 5) is 19.8. The predicted molar refractivity (Wildman–Crippen MR) is 95.1 cm³/mol. The van der Waals surface area contributed by atoms with Gasteiger partial charge in [0.2, 0.25) is 0 Å². The molecule has 0 spiro atoms. The van der Waals surface area contributed by atoms with E-state index in [1.807, 2.05) is 17.9 Å². The number of nitrogens with zero attached hydrogens (tertiary/aromatic N) is 5. The van der Waals surface area contributed by atoms with E-state index in [4.69, 9.17) is 0 Å². The van der Waals surface area contributed by atoms with Crippen LogP contribution in [0.1, 0.15) is 37.2 Å². The summed E-state index contributed by atoms with van der Waals surface area (Å²) < 4.78 is 1.79. The number of carbonyl (C=O) groups is 1. The van der Waals surface area contributed by atoms with E-state index >= 15 is 0 Å². The fourth-order valence-corrected chi connectivity index (χ4v) is 4.04. The summed E-state index contributed by atoms with van der Waals surface area (Å²) in [6.07, 6.45) is 3.94. The van der Waals surface area contributed by atoms with E-state index in [0.717, 1.165) is 38.2 Å². The van der Waals surface area contributed by atoms with Gasteiger partial charge in [-0.05, 0) is 45.7 Å². The van der Waals surface area contributed by atoms with E-state index in [1.165, 1.54) is 26.2 Å². The molecule has 2 fully saturated rings. The van der Waals surface area contributed by atoms with Crippen molar-refractivity contribution < 1.29 is 4.79 Å². The molecule has 2 aliphatic heterocycles. The van der Waals surface area contributed by atoms with Crippen molar-refractivity contribution >= 4 is 5.91 Å². The Balaban J connectivity index is 1.53. The minimum Gasteiger partial charge on any atom is -0.337 e. The molecular formula is C18H31N5O. The number of piperidine rings is 1. The van der Waals surface area contributed by atoms with E-state index in [9.17, 15) is 4.79 Å². The van der Waals surface area contributed by atoms with Gasteiger partial charge in [-0.1, -0.05) is 0 Å². The summed E-state index contributed by atoms with van der Waals surface area (Å²) in [5.74, 6) is 0.841. The maximum absolute atomic E-state index is 12.7. The number of piperazine rings is 1. The number of aromatic nitrogens is 2. The Morgan fingerprint density at radius 2 is 1.88 bits per heavy atom. The Morgan fingerprint density at radius 1 is 1.21 bits per heavy atom. The van der Waals surface area contributed by atoms with Gasteiger partial charge in [0, 0.05) is 58.1 Å². The largest absolute Gasteiger partial charge is 0.337 e. The van der Waals surface area contributed by atoms with Crippen LogP contribution < -0.4 is 0 Å². The van der Waals surface area contributed by atoms with Gasteiger partial charge in [0.25, 0.3) is 5.91 Å². The highest BCUT2D eigenvalue weighted by atomic mass is 16.2. The Kier molecular flexibility index (Phi) is 5.56. The van der Waals surface area contributed by atoms with Crippen LogP contribution in [0.15, 0.2) is 12.3 Å². The molecule has 134 valence electrons. The Hall–Kier alpha value is -1.40. The molecule has 1 aromatic rings. The van der Waals surface area contributed by atoms with Crippen molar-refractivity contribution in [2.45, 2.75) is 39.3 Å². The monoisotopic (exact) mass is 333 g/mol. The number of rotatable bonds is 4. The fraction of sp³-hybridized carbons (Fsp3) is 0.778. The molecule has 1 unspecified atom stereocenters. The van der Waals surface area contributed by atoms with Gasteiger partial charge < -0.3 is 9.80 Å². The first-order valence-electron chi connectivity index (χ1n) is 9.33. The van der Waals surface area contributed by atoms with E-state index in [2.05, 4.69) is 28.9 Å². The zero-order chi connectivity index (χ0) is 17.1. The lowest BCUT2D eigenvalue weighted by atomic mass is 9.89. The molecule has 1 aromatic heterocycles. The molecule has 0 aliphatic carbocycles. The van der Waals surface area contributed by atoms with Gasteiger partial charge in [-0.3, -0.25) is 14.4 Å². The number of carbonyl (C=O) groups excluding carboxylic acids is 1. The van der Waals surface area contributed by atoms with Crippen LogP contribution in [0.2, 0.25) is 0 Å². The Labute approximate surface area is 145 Å². The van der Waals surface area contributed by atoms with Crippen LogP contribution in [-0.2, 0) is 6.54 Å². The highest BCUT2D eigenvalue weighted by Crippen LogP contribution is 2.25. The summed E-state index contributed by atoms with van der Waals surface area (Å²) in [5.41, 5.74) is 0.725. The third kappa shape index (κ3) is 3.64. The average Bonchev–Trinajstić information content (AvgIpc) is 3.10. The maximum atomic E-state index is 12.7. The summed E-state index contributed by atoms with van der Waals surface area (Å²) in [7, 11) is 2.20. The van der Waals surface area contributed by atoms with E-state index < -0.39 is 0 Å². The minimum absolute atomic E-state index is 0.139. The van der Waals surface area contributed by atoms with Crippen LogP contribution in [-0.4, -0.2) is 82.7 Å². The van der Waals surface area contributed by atoms with E-state index in [-0.39, 0.29) is 5.91 Å². The summed E-state index contributed by atoms with van der Waals surface area (Å²) >= 11 is 0. The Bertz CT molecular complexity index is 541.